The number of carbonyl (C=O) groups is 1. The van der Waals surface area contributed by atoms with Gasteiger partial charge in [0.2, 0.25) is 15.9 Å². The van der Waals surface area contributed by atoms with Crippen molar-refractivity contribution >= 4 is 15.9 Å². The van der Waals surface area contributed by atoms with Gasteiger partial charge >= 0.3 is 0 Å². The molecular weight excluding hydrogens is 348 g/mol. The van der Waals surface area contributed by atoms with Crippen LogP contribution in [0.5, 0.6) is 0 Å². The number of hydrogen-bond donors (Lipinski definition) is 2. The van der Waals surface area contributed by atoms with Gasteiger partial charge < -0.3 is 5.32 Å². The minimum Gasteiger partial charge on any atom is -0.356 e. The number of amides is 1. The van der Waals surface area contributed by atoms with E-state index in [9.17, 15) is 13.2 Å². The lowest BCUT2D eigenvalue weighted by Crippen LogP contribution is -2.26. The molecule has 0 bridgehead atoms. The molecule has 140 valence electrons. The molecular formula is C20H26N2O3S. The fourth-order valence-corrected chi connectivity index (χ4v) is 3.60. The van der Waals surface area contributed by atoms with Gasteiger partial charge in [0.25, 0.3) is 0 Å². The second-order valence-electron chi connectivity index (χ2n) is 6.23. The first-order valence-electron chi connectivity index (χ1n) is 8.81. The van der Waals surface area contributed by atoms with Crippen LogP contribution >= 0.6 is 0 Å². The SMILES string of the molecule is CCNS(=O)(=O)c1ccc(CCNC(=O)CCc2ccc(C)cc2)cc1. The molecule has 2 aromatic rings. The van der Waals surface area contributed by atoms with E-state index in [-0.39, 0.29) is 10.8 Å². The van der Waals surface area contributed by atoms with Crippen molar-refractivity contribution in [2.75, 3.05) is 13.1 Å². The minimum atomic E-state index is -3.42. The first-order valence-corrected chi connectivity index (χ1v) is 10.3. The van der Waals surface area contributed by atoms with Gasteiger partial charge in [0.15, 0.2) is 0 Å². The molecule has 2 rings (SSSR count). The van der Waals surface area contributed by atoms with Crippen LogP contribution in [0.1, 0.15) is 30.0 Å². The summed E-state index contributed by atoms with van der Waals surface area (Å²) in [6, 6.07) is 14.9. The maximum atomic E-state index is 11.9. The molecule has 6 heteroatoms. The summed E-state index contributed by atoms with van der Waals surface area (Å²) >= 11 is 0. The Kier molecular flexibility index (Phi) is 7.36. The molecule has 0 saturated heterocycles. The largest absolute Gasteiger partial charge is 0.356 e. The maximum absolute atomic E-state index is 11.9. The number of nitrogens with one attached hydrogen (secondary N) is 2. The lowest BCUT2D eigenvalue weighted by Gasteiger charge is -2.08. The molecule has 0 spiro atoms. The van der Waals surface area contributed by atoms with Crippen LogP contribution in [0.25, 0.3) is 0 Å². The smallest absolute Gasteiger partial charge is 0.240 e. The molecule has 0 aliphatic carbocycles. The van der Waals surface area contributed by atoms with Gasteiger partial charge in [-0.05, 0) is 43.0 Å². The Morgan fingerprint density at radius 2 is 1.50 bits per heavy atom. The van der Waals surface area contributed by atoms with Crippen molar-refractivity contribution in [1.82, 2.24) is 10.0 Å². The highest BCUT2D eigenvalue weighted by molar-refractivity contribution is 7.89. The fourth-order valence-electron chi connectivity index (χ4n) is 2.56. The summed E-state index contributed by atoms with van der Waals surface area (Å²) in [5.74, 6) is 0.0249. The average Bonchev–Trinajstić information content (AvgIpc) is 2.62. The Labute approximate surface area is 155 Å². The van der Waals surface area contributed by atoms with Crippen LogP contribution in [0.4, 0.5) is 0 Å². The zero-order chi connectivity index (χ0) is 19.0. The van der Waals surface area contributed by atoms with E-state index >= 15 is 0 Å². The topological polar surface area (TPSA) is 75.3 Å². The summed E-state index contributed by atoms with van der Waals surface area (Å²) in [6.07, 6.45) is 1.85. The van der Waals surface area contributed by atoms with Crippen LogP contribution in [0, 0.1) is 6.92 Å². The normalized spacial score (nSPS) is 11.3. The summed E-state index contributed by atoms with van der Waals surface area (Å²) in [5, 5.41) is 2.91. The first kappa shape index (κ1) is 20.1. The molecule has 1 amide bonds. The van der Waals surface area contributed by atoms with Crippen LogP contribution in [-0.2, 0) is 27.7 Å². The molecule has 0 fully saturated rings. The minimum absolute atomic E-state index is 0.0249. The average molecular weight is 375 g/mol. The third-order valence-electron chi connectivity index (χ3n) is 4.07. The van der Waals surface area contributed by atoms with E-state index in [2.05, 4.69) is 10.0 Å². The number of sulfonamides is 1. The van der Waals surface area contributed by atoms with Crippen LogP contribution in [0.3, 0.4) is 0 Å². The Bertz CT molecular complexity index is 813. The highest BCUT2D eigenvalue weighted by atomic mass is 32.2. The third-order valence-corrected chi connectivity index (χ3v) is 5.63. The highest BCUT2D eigenvalue weighted by Crippen LogP contribution is 2.11. The summed E-state index contributed by atoms with van der Waals surface area (Å²) in [4.78, 5) is 12.2. The van der Waals surface area contributed by atoms with E-state index in [0.717, 1.165) is 17.5 Å². The standard InChI is InChI=1S/C20H26N2O3S/c1-3-22-26(24,25)19-11-8-18(9-12-19)14-15-21-20(23)13-10-17-6-4-16(2)5-7-17/h4-9,11-12,22H,3,10,13-15H2,1-2H3,(H,21,23). The number of benzene rings is 2. The third kappa shape index (κ3) is 6.28. The fraction of sp³-hybridized carbons (Fsp3) is 0.350. The molecule has 0 atom stereocenters. The maximum Gasteiger partial charge on any atom is 0.240 e. The zero-order valence-electron chi connectivity index (χ0n) is 15.3. The molecule has 26 heavy (non-hydrogen) atoms. The molecule has 0 saturated carbocycles. The van der Waals surface area contributed by atoms with Crippen LogP contribution < -0.4 is 10.0 Å². The second kappa shape index (κ2) is 9.50. The predicted molar refractivity (Wildman–Crippen MR) is 104 cm³/mol. The van der Waals surface area contributed by atoms with Crippen molar-refractivity contribution in [3.05, 3.63) is 65.2 Å². The van der Waals surface area contributed by atoms with Gasteiger partial charge in [-0.15, -0.1) is 0 Å². The van der Waals surface area contributed by atoms with Crippen LogP contribution in [0.2, 0.25) is 0 Å². The van der Waals surface area contributed by atoms with Crippen LogP contribution in [-0.4, -0.2) is 27.4 Å². The van der Waals surface area contributed by atoms with Crippen molar-refractivity contribution in [1.29, 1.82) is 0 Å². The molecule has 5 nitrogen and oxygen atoms in total. The van der Waals surface area contributed by atoms with Gasteiger partial charge in [-0.3, -0.25) is 4.79 Å². The molecule has 2 aromatic carbocycles. The summed E-state index contributed by atoms with van der Waals surface area (Å²) in [5.41, 5.74) is 3.35. The lowest BCUT2D eigenvalue weighted by molar-refractivity contribution is -0.121. The molecule has 0 aliphatic rings. The number of carbonyl (C=O) groups excluding carboxylic acids is 1. The Balaban J connectivity index is 1.75. The van der Waals surface area contributed by atoms with Crippen molar-refractivity contribution in [3.63, 3.8) is 0 Å². The number of rotatable bonds is 9. The van der Waals surface area contributed by atoms with E-state index in [1.807, 2.05) is 31.2 Å². The Morgan fingerprint density at radius 3 is 2.12 bits per heavy atom. The van der Waals surface area contributed by atoms with E-state index < -0.39 is 10.0 Å². The molecule has 0 unspecified atom stereocenters. The van der Waals surface area contributed by atoms with Gasteiger partial charge in [0.05, 0.1) is 4.90 Å². The van der Waals surface area contributed by atoms with Crippen LogP contribution in [0.15, 0.2) is 53.4 Å². The quantitative estimate of drug-likeness (QED) is 0.708. The van der Waals surface area contributed by atoms with Gasteiger partial charge in [0.1, 0.15) is 0 Å². The summed E-state index contributed by atoms with van der Waals surface area (Å²) in [7, 11) is -3.42. The Hall–Kier alpha value is -2.18. The van der Waals surface area contributed by atoms with Gasteiger partial charge in [-0.25, -0.2) is 13.1 Å². The van der Waals surface area contributed by atoms with Gasteiger partial charge in [-0.2, -0.15) is 0 Å². The van der Waals surface area contributed by atoms with Crippen molar-refractivity contribution < 1.29 is 13.2 Å². The number of aryl methyl sites for hydroxylation is 2. The molecule has 0 aliphatic heterocycles. The summed E-state index contributed by atoms with van der Waals surface area (Å²) in [6.45, 7) is 4.68. The van der Waals surface area contributed by atoms with Crippen molar-refractivity contribution in [3.8, 4) is 0 Å². The number of hydrogen-bond acceptors (Lipinski definition) is 3. The second-order valence-corrected chi connectivity index (χ2v) is 8.00. The predicted octanol–water partition coefficient (Wildman–Crippen LogP) is 2.58. The first-order chi connectivity index (χ1) is 12.4. The highest BCUT2D eigenvalue weighted by Gasteiger charge is 2.11. The van der Waals surface area contributed by atoms with Crippen molar-refractivity contribution in [2.24, 2.45) is 0 Å². The molecule has 0 radical (unpaired) electrons. The van der Waals surface area contributed by atoms with E-state index in [1.54, 1.807) is 31.2 Å². The van der Waals surface area contributed by atoms with Gasteiger partial charge in [-0.1, -0.05) is 48.9 Å². The molecule has 0 aromatic heterocycles. The molecule has 2 N–H and O–H groups in total. The Morgan fingerprint density at radius 1 is 0.923 bits per heavy atom. The monoisotopic (exact) mass is 374 g/mol. The van der Waals surface area contributed by atoms with E-state index in [4.69, 9.17) is 0 Å². The molecule has 0 heterocycles. The van der Waals surface area contributed by atoms with Crippen molar-refractivity contribution in [2.45, 2.75) is 38.0 Å². The van der Waals surface area contributed by atoms with E-state index in [0.29, 0.717) is 25.9 Å². The zero-order valence-corrected chi connectivity index (χ0v) is 16.1. The van der Waals surface area contributed by atoms with Gasteiger partial charge in [0, 0.05) is 19.5 Å². The van der Waals surface area contributed by atoms with E-state index in [1.165, 1.54) is 5.56 Å². The summed E-state index contributed by atoms with van der Waals surface area (Å²) < 4.78 is 26.2. The lowest BCUT2D eigenvalue weighted by atomic mass is 10.1.